The van der Waals surface area contributed by atoms with E-state index in [1.807, 2.05) is 6.20 Å². The molecule has 150 valence electrons. The zero-order chi connectivity index (χ0) is 20.1. The molecule has 2 aliphatic heterocycles. The Labute approximate surface area is 168 Å². The Morgan fingerprint density at radius 2 is 2.17 bits per heavy atom. The molecule has 0 spiro atoms. The van der Waals surface area contributed by atoms with Crippen LogP contribution in [0.2, 0.25) is 0 Å². The summed E-state index contributed by atoms with van der Waals surface area (Å²) in [5, 5.41) is 0.638. The molecule has 1 saturated heterocycles. The maximum Gasteiger partial charge on any atom is 0.290 e. The summed E-state index contributed by atoms with van der Waals surface area (Å²) >= 11 is 0. The highest BCUT2D eigenvalue weighted by Crippen LogP contribution is 2.30. The van der Waals surface area contributed by atoms with Crippen LogP contribution in [-0.4, -0.2) is 45.8 Å². The Hall–Kier alpha value is -2.80. The van der Waals surface area contributed by atoms with Crippen molar-refractivity contribution in [1.82, 2.24) is 19.8 Å². The smallest absolute Gasteiger partial charge is 0.290 e. The van der Waals surface area contributed by atoms with Gasteiger partial charge in [0.2, 0.25) is 0 Å². The van der Waals surface area contributed by atoms with E-state index >= 15 is 0 Å². The van der Waals surface area contributed by atoms with Gasteiger partial charge in [-0.15, -0.1) is 0 Å². The predicted molar refractivity (Wildman–Crippen MR) is 106 cm³/mol. The van der Waals surface area contributed by atoms with E-state index < -0.39 is 0 Å². The summed E-state index contributed by atoms with van der Waals surface area (Å²) in [6.07, 6.45) is 4.82. The zero-order valence-electron chi connectivity index (χ0n) is 16.6. The standard InChI is InChI=1S/C22H23FN4O2/c1-13-16-10-15(23)5-6-19(16)29-20(13)22(28)27-9-7-17-14(12-27)11-24-21(25-17)18-4-3-8-26(18)2/h5-6,10-11,18H,3-4,7-9,12H2,1-2H3/t18-/m1/s1. The van der Waals surface area contributed by atoms with Gasteiger partial charge in [-0.25, -0.2) is 14.4 Å². The Morgan fingerprint density at radius 1 is 1.31 bits per heavy atom. The number of nitrogens with zero attached hydrogens (tertiary/aromatic N) is 4. The maximum absolute atomic E-state index is 13.6. The highest BCUT2D eigenvalue weighted by molar-refractivity contribution is 5.99. The molecule has 4 heterocycles. The number of hydrogen-bond acceptors (Lipinski definition) is 5. The van der Waals surface area contributed by atoms with Crippen LogP contribution in [-0.2, 0) is 13.0 Å². The number of carbonyl (C=O) groups is 1. The summed E-state index contributed by atoms with van der Waals surface area (Å²) in [6, 6.07) is 4.60. The van der Waals surface area contributed by atoms with Gasteiger partial charge in [0.05, 0.1) is 11.7 Å². The number of likely N-dealkylation sites (tertiary alicyclic amines) is 1. The molecule has 1 amide bonds. The number of fused-ring (bicyclic) bond motifs is 2. The van der Waals surface area contributed by atoms with Gasteiger partial charge in [-0.1, -0.05) is 0 Å². The third kappa shape index (κ3) is 3.09. The number of aryl methyl sites for hydroxylation is 1. The predicted octanol–water partition coefficient (Wildman–Crippen LogP) is 3.64. The molecular weight excluding hydrogens is 371 g/mol. The number of carbonyl (C=O) groups excluding carboxylic acids is 1. The molecule has 0 radical (unpaired) electrons. The summed E-state index contributed by atoms with van der Waals surface area (Å²) in [4.78, 5) is 26.6. The molecule has 0 aliphatic carbocycles. The van der Waals surface area contributed by atoms with Gasteiger partial charge in [-0.05, 0) is 51.6 Å². The van der Waals surface area contributed by atoms with Crippen LogP contribution >= 0.6 is 0 Å². The number of benzene rings is 1. The molecule has 2 aromatic heterocycles. The average molecular weight is 394 g/mol. The Bertz CT molecular complexity index is 1110. The van der Waals surface area contributed by atoms with E-state index in [1.165, 1.54) is 18.6 Å². The second-order valence-corrected chi connectivity index (χ2v) is 8.01. The molecule has 1 atom stereocenters. The Morgan fingerprint density at radius 3 is 2.97 bits per heavy atom. The van der Waals surface area contributed by atoms with Crippen LogP contribution in [0.25, 0.3) is 11.0 Å². The summed E-state index contributed by atoms with van der Waals surface area (Å²) in [7, 11) is 2.11. The molecule has 2 aliphatic rings. The quantitative estimate of drug-likeness (QED) is 0.664. The van der Waals surface area contributed by atoms with Gasteiger partial charge >= 0.3 is 0 Å². The van der Waals surface area contributed by atoms with Gasteiger partial charge in [-0.2, -0.15) is 0 Å². The normalized spacial score (nSPS) is 19.7. The third-order valence-electron chi connectivity index (χ3n) is 6.15. The molecule has 1 aromatic carbocycles. The second-order valence-electron chi connectivity index (χ2n) is 8.01. The van der Waals surface area contributed by atoms with E-state index in [2.05, 4.69) is 16.9 Å². The van der Waals surface area contributed by atoms with Crippen molar-refractivity contribution in [3.05, 3.63) is 58.6 Å². The molecule has 29 heavy (non-hydrogen) atoms. The van der Waals surface area contributed by atoms with Crippen molar-refractivity contribution in [2.45, 2.75) is 38.8 Å². The fraction of sp³-hybridized carbons (Fsp3) is 0.409. The number of rotatable bonds is 2. The molecule has 6 nitrogen and oxygen atoms in total. The lowest BCUT2D eigenvalue weighted by atomic mass is 10.1. The second kappa shape index (κ2) is 6.91. The van der Waals surface area contributed by atoms with Crippen LogP contribution in [0.15, 0.2) is 28.8 Å². The summed E-state index contributed by atoms with van der Waals surface area (Å²) < 4.78 is 19.3. The fourth-order valence-corrected chi connectivity index (χ4v) is 4.44. The lowest BCUT2D eigenvalue weighted by Gasteiger charge is -2.28. The minimum Gasteiger partial charge on any atom is -0.451 e. The number of aromatic nitrogens is 2. The van der Waals surface area contributed by atoms with Gasteiger partial charge in [0.25, 0.3) is 5.91 Å². The maximum atomic E-state index is 13.6. The van der Waals surface area contributed by atoms with Crippen LogP contribution in [0.3, 0.4) is 0 Å². The van der Waals surface area contributed by atoms with Crippen LogP contribution in [0.4, 0.5) is 4.39 Å². The van der Waals surface area contributed by atoms with Crippen molar-refractivity contribution in [1.29, 1.82) is 0 Å². The summed E-state index contributed by atoms with van der Waals surface area (Å²) in [5.74, 6) is 0.648. The first kappa shape index (κ1) is 18.2. The number of furan rings is 1. The Kier molecular flexibility index (Phi) is 4.35. The number of amides is 1. The molecule has 0 saturated carbocycles. The Balaban J connectivity index is 1.39. The zero-order valence-corrected chi connectivity index (χ0v) is 16.6. The monoisotopic (exact) mass is 394 g/mol. The molecule has 0 N–H and O–H groups in total. The lowest BCUT2D eigenvalue weighted by molar-refractivity contribution is 0.0702. The SMILES string of the molecule is Cc1c(C(=O)N2CCc3nc([C@H]4CCCN4C)ncc3C2)oc2ccc(F)cc12. The minimum absolute atomic E-state index is 0.177. The molecule has 7 heteroatoms. The van der Waals surface area contributed by atoms with E-state index in [0.717, 1.165) is 30.0 Å². The third-order valence-corrected chi connectivity index (χ3v) is 6.15. The van der Waals surface area contributed by atoms with Gasteiger partial charge in [0, 0.05) is 42.2 Å². The molecular formula is C22H23FN4O2. The van der Waals surface area contributed by atoms with E-state index in [0.29, 0.717) is 42.1 Å². The van der Waals surface area contributed by atoms with Crippen molar-refractivity contribution in [3.8, 4) is 0 Å². The summed E-state index contributed by atoms with van der Waals surface area (Å²) in [6.45, 7) is 3.91. The van der Waals surface area contributed by atoms with Crippen molar-refractivity contribution in [2.24, 2.45) is 0 Å². The van der Waals surface area contributed by atoms with Crippen molar-refractivity contribution < 1.29 is 13.6 Å². The highest BCUT2D eigenvalue weighted by Gasteiger charge is 2.30. The van der Waals surface area contributed by atoms with Crippen molar-refractivity contribution in [2.75, 3.05) is 20.1 Å². The molecule has 0 unspecified atom stereocenters. The van der Waals surface area contributed by atoms with Gasteiger partial charge in [0.1, 0.15) is 17.2 Å². The fourth-order valence-electron chi connectivity index (χ4n) is 4.44. The van der Waals surface area contributed by atoms with E-state index in [9.17, 15) is 9.18 Å². The molecule has 5 rings (SSSR count). The van der Waals surface area contributed by atoms with Crippen molar-refractivity contribution in [3.63, 3.8) is 0 Å². The van der Waals surface area contributed by atoms with Crippen LogP contribution in [0, 0.1) is 12.7 Å². The van der Waals surface area contributed by atoms with E-state index in [1.54, 1.807) is 17.9 Å². The van der Waals surface area contributed by atoms with Crippen molar-refractivity contribution >= 4 is 16.9 Å². The van der Waals surface area contributed by atoms with Crippen LogP contribution < -0.4 is 0 Å². The van der Waals surface area contributed by atoms with E-state index in [-0.39, 0.29) is 17.5 Å². The molecule has 3 aromatic rings. The van der Waals surface area contributed by atoms with Gasteiger partial charge in [-0.3, -0.25) is 9.69 Å². The van der Waals surface area contributed by atoms with E-state index in [4.69, 9.17) is 9.40 Å². The van der Waals surface area contributed by atoms with Gasteiger partial charge < -0.3 is 9.32 Å². The first-order chi connectivity index (χ1) is 14.0. The lowest BCUT2D eigenvalue weighted by Crippen LogP contribution is -2.37. The first-order valence-corrected chi connectivity index (χ1v) is 10.0. The average Bonchev–Trinajstić information content (AvgIpc) is 3.30. The molecule has 0 bridgehead atoms. The van der Waals surface area contributed by atoms with Crippen LogP contribution in [0.5, 0.6) is 0 Å². The highest BCUT2D eigenvalue weighted by atomic mass is 19.1. The number of hydrogen-bond donors (Lipinski definition) is 0. The van der Waals surface area contributed by atoms with Crippen LogP contribution in [0.1, 0.15) is 52.1 Å². The largest absolute Gasteiger partial charge is 0.451 e. The molecule has 1 fully saturated rings. The van der Waals surface area contributed by atoms with Gasteiger partial charge in [0.15, 0.2) is 5.76 Å². The summed E-state index contributed by atoms with van der Waals surface area (Å²) in [5.41, 5.74) is 3.21. The minimum atomic E-state index is -0.340. The first-order valence-electron chi connectivity index (χ1n) is 10.0. The number of halogens is 1. The topological polar surface area (TPSA) is 62.5 Å².